The Morgan fingerprint density at radius 1 is 1.07 bits per heavy atom. The maximum atomic E-state index is 12.1. The summed E-state index contributed by atoms with van der Waals surface area (Å²) in [4.78, 5) is 35.5. The van der Waals surface area contributed by atoms with Gasteiger partial charge in [-0.05, 0) is 29.8 Å². The third-order valence-corrected chi connectivity index (χ3v) is 4.25. The van der Waals surface area contributed by atoms with E-state index in [4.69, 9.17) is 0 Å². The van der Waals surface area contributed by atoms with Crippen molar-refractivity contribution in [2.75, 3.05) is 7.05 Å². The van der Waals surface area contributed by atoms with Gasteiger partial charge in [0, 0.05) is 31.0 Å². The van der Waals surface area contributed by atoms with Gasteiger partial charge in [-0.2, -0.15) is 5.10 Å². The number of hydrogen-bond donors (Lipinski definition) is 2. The molecule has 0 bridgehead atoms. The van der Waals surface area contributed by atoms with E-state index in [-0.39, 0.29) is 23.7 Å². The van der Waals surface area contributed by atoms with Crippen LogP contribution in [0.3, 0.4) is 0 Å². The van der Waals surface area contributed by atoms with E-state index < -0.39 is 0 Å². The second-order valence-electron chi connectivity index (χ2n) is 6.05. The second-order valence-corrected chi connectivity index (χ2v) is 6.05. The number of amides is 2. The number of rotatable bonds is 6. The average Bonchev–Trinajstić information content (AvgIpc) is 2.71. The summed E-state index contributed by atoms with van der Waals surface area (Å²) < 4.78 is 1.66. The zero-order chi connectivity index (χ0) is 19.2. The van der Waals surface area contributed by atoms with Crippen molar-refractivity contribution in [3.8, 4) is 0 Å². The Bertz CT molecular complexity index is 1030. The average molecular weight is 364 g/mol. The molecule has 0 atom stereocenters. The number of carbonyl (C=O) groups excluding carboxylic acids is 2. The molecule has 1 heterocycles. The van der Waals surface area contributed by atoms with Crippen molar-refractivity contribution in [1.82, 2.24) is 20.4 Å². The van der Waals surface area contributed by atoms with Gasteiger partial charge in [0.1, 0.15) is 0 Å². The van der Waals surface area contributed by atoms with E-state index in [2.05, 4.69) is 15.7 Å². The molecule has 0 aliphatic rings. The van der Waals surface area contributed by atoms with Crippen LogP contribution >= 0.6 is 0 Å². The van der Waals surface area contributed by atoms with E-state index in [9.17, 15) is 14.4 Å². The summed E-state index contributed by atoms with van der Waals surface area (Å²) in [5.74, 6) is -0.263. The van der Waals surface area contributed by atoms with Gasteiger partial charge < -0.3 is 10.6 Å². The number of aryl methyl sites for hydroxylation is 1. The van der Waals surface area contributed by atoms with Gasteiger partial charge in [0.15, 0.2) is 0 Å². The minimum absolute atomic E-state index is 0.116. The third-order valence-electron chi connectivity index (χ3n) is 4.25. The summed E-state index contributed by atoms with van der Waals surface area (Å²) >= 11 is 0. The smallest absolute Gasteiger partial charge is 0.251 e. The van der Waals surface area contributed by atoms with Gasteiger partial charge in [-0.1, -0.05) is 24.3 Å². The Balaban J connectivity index is 1.57. The van der Waals surface area contributed by atoms with Crippen LogP contribution in [0.25, 0.3) is 10.9 Å². The molecule has 0 saturated carbocycles. The minimum Gasteiger partial charge on any atom is -0.355 e. The van der Waals surface area contributed by atoms with E-state index in [1.54, 1.807) is 36.0 Å². The van der Waals surface area contributed by atoms with Gasteiger partial charge in [-0.3, -0.25) is 19.1 Å². The quantitative estimate of drug-likeness (QED) is 0.693. The van der Waals surface area contributed by atoms with Crippen LogP contribution in [-0.4, -0.2) is 28.6 Å². The maximum Gasteiger partial charge on any atom is 0.251 e. The van der Waals surface area contributed by atoms with Crippen molar-refractivity contribution >= 4 is 22.7 Å². The fourth-order valence-electron chi connectivity index (χ4n) is 2.75. The lowest BCUT2D eigenvalue weighted by molar-refractivity contribution is -0.121. The van der Waals surface area contributed by atoms with E-state index in [1.807, 2.05) is 24.3 Å². The highest BCUT2D eigenvalue weighted by Crippen LogP contribution is 2.08. The first-order valence-corrected chi connectivity index (χ1v) is 8.61. The summed E-state index contributed by atoms with van der Waals surface area (Å²) in [7, 11) is 1.58. The van der Waals surface area contributed by atoms with Gasteiger partial charge >= 0.3 is 0 Å². The predicted octanol–water partition coefficient (Wildman–Crippen LogP) is 1.46. The summed E-state index contributed by atoms with van der Waals surface area (Å²) in [6.45, 7) is 0.757. The number of nitrogens with one attached hydrogen (secondary N) is 2. The van der Waals surface area contributed by atoms with Crippen molar-refractivity contribution < 1.29 is 9.59 Å². The number of nitrogens with zero attached hydrogens (tertiary/aromatic N) is 2. The molecule has 1 aromatic heterocycles. The zero-order valence-corrected chi connectivity index (χ0v) is 14.9. The fourth-order valence-corrected chi connectivity index (χ4v) is 2.75. The Labute approximate surface area is 156 Å². The lowest BCUT2D eigenvalue weighted by Gasteiger charge is -2.10. The largest absolute Gasteiger partial charge is 0.355 e. The van der Waals surface area contributed by atoms with Crippen molar-refractivity contribution in [3.63, 3.8) is 0 Å². The third kappa shape index (κ3) is 4.38. The molecular weight excluding hydrogens is 344 g/mol. The molecule has 2 amide bonds. The van der Waals surface area contributed by atoms with Crippen LogP contribution in [0.2, 0.25) is 0 Å². The molecule has 0 aliphatic heterocycles. The van der Waals surface area contributed by atoms with Crippen molar-refractivity contribution in [2.45, 2.75) is 19.5 Å². The summed E-state index contributed by atoms with van der Waals surface area (Å²) in [5.41, 5.74) is 2.06. The predicted molar refractivity (Wildman–Crippen MR) is 102 cm³/mol. The molecule has 2 N–H and O–H groups in total. The second kappa shape index (κ2) is 8.27. The van der Waals surface area contributed by atoms with Gasteiger partial charge in [-0.25, -0.2) is 0 Å². The molecule has 0 unspecified atom stereocenters. The van der Waals surface area contributed by atoms with Crippen LogP contribution in [0.4, 0.5) is 0 Å². The molecule has 0 fully saturated rings. The SMILES string of the molecule is CNC(=O)c1ccc(CNC(=O)CCn2ncc(=O)c3ccccc32)cc1. The molecule has 3 rings (SSSR count). The number of hydrogen-bond acceptors (Lipinski definition) is 4. The molecular formula is C20H20N4O3. The van der Waals surface area contributed by atoms with E-state index in [0.29, 0.717) is 29.6 Å². The standard InChI is InChI=1S/C20H20N4O3/c1-21-20(27)15-8-6-14(7-9-15)12-22-19(26)10-11-24-17-5-3-2-4-16(17)18(25)13-23-24/h2-9,13H,10-12H2,1H3,(H,21,27)(H,22,26). The van der Waals surface area contributed by atoms with Crippen molar-refractivity contribution in [2.24, 2.45) is 0 Å². The van der Waals surface area contributed by atoms with Crippen LogP contribution in [0.5, 0.6) is 0 Å². The van der Waals surface area contributed by atoms with Crippen LogP contribution in [0.15, 0.2) is 59.5 Å². The number of benzene rings is 2. The van der Waals surface area contributed by atoms with Crippen LogP contribution < -0.4 is 16.1 Å². The Hall–Kier alpha value is -3.48. The molecule has 138 valence electrons. The molecule has 7 nitrogen and oxygen atoms in total. The van der Waals surface area contributed by atoms with Gasteiger partial charge in [0.25, 0.3) is 5.91 Å². The number of fused-ring (bicyclic) bond motifs is 1. The van der Waals surface area contributed by atoms with Crippen LogP contribution in [0.1, 0.15) is 22.3 Å². The molecule has 0 saturated heterocycles. The number of para-hydroxylation sites is 1. The molecule has 2 aromatic carbocycles. The molecule has 3 aromatic rings. The first-order valence-electron chi connectivity index (χ1n) is 8.61. The van der Waals surface area contributed by atoms with Crippen LogP contribution in [0, 0.1) is 0 Å². The minimum atomic E-state index is -0.147. The van der Waals surface area contributed by atoms with E-state index in [0.717, 1.165) is 5.56 Å². The van der Waals surface area contributed by atoms with Gasteiger partial charge in [0.2, 0.25) is 11.3 Å². The molecule has 0 spiro atoms. The summed E-state index contributed by atoms with van der Waals surface area (Å²) in [6, 6.07) is 14.3. The zero-order valence-electron chi connectivity index (χ0n) is 14.9. The van der Waals surface area contributed by atoms with Crippen LogP contribution in [-0.2, 0) is 17.9 Å². The van der Waals surface area contributed by atoms with Crippen molar-refractivity contribution in [3.05, 3.63) is 76.1 Å². The molecule has 0 radical (unpaired) electrons. The van der Waals surface area contributed by atoms with E-state index >= 15 is 0 Å². The fraction of sp³-hybridized carbons (Fsp3) is 0.200. The summed E-state index contributed by atoms with van der Waals surface area (Å²) in [6.07, 6.45) is 1.52. The highest BCUT2D eigenvalue weighted by molar-refractivity contribution is 5.93. The van der Waals surface area contributed by atoms with Crippen molar-refractivity contribution in [1.29, 1.82) is 0 Å². The monoisotopic (exact) mass is 364 g/mol. The number of aromatic nitrogens is 2. The maximum absolute atomic E-state index is 12.1. The Kier molecular flexibility index (Phi) is 5.61. The summed E-state index contributed by atoms with van der Waals surface area (Å²) in [5, 5.41) is 10.1. The molecule has 27 heavy (non-hydrogen) atoms. The molecule has 0 aliphatic carbocycles. The highest BCUT2D eigenvalue weighted by atomic mass is 16.2. The van der Waals surface area contributed by atoms with Gasteiger partial charge in [-0.15, -0.1) is 0 Å². The Morgan fingerprint density at radius 3 is 2.56 bits per heavy atom. The first kappa shape index (κ1) is 18.3. The normalized spacial score (nSPS) is 10.6. The topological polar surface area (TPSA) is 93.1 Å². The highest BCUT2D eigenvalue weighted by Gasteiger charge is 2.07. The first-order chi connectivity index (χ1) is 13.1. The lowest BCUT2D eigenvalue weighted by atomic mass is 10.1. The van der Waals surface area contributed by atoms with E-state index in [1.165, 1.54) is 6.20 Å². The number of carbonyl (C=O) groups is 2. The van der Waals surface area contributed by atoms with Gasteiger partial charge in [0.05, 0.1) is 18.3 Å². The Morgan fingerprint density at radius 2 is 1.81 bits per heavy atom. The lowest BCUT2D eigenvalue weighted by Crippen LogP contribution is -2.25. The molecule has 7 heteroatoms.